The number of aryl methyl sites for hydroxylation is 2. The highest BCUT2D eigenvalue weighted by atomic mass is 16.5. The van der Waals surface area contributed by atoms with E-state index in [0.29, 0.717) is 109 Å². The topological polar surface area (TPSA) is 229 Å². The van der Waals surface area contributed by atoms with Gasteiger partial charge in [-0.3, -0.25) is 19.2 Å². The Hall–Kier alpha value is -8.80. The molecule has 4 amide bonds. The number of rotatable bonds is 88. The summed E-state index contributed by atoms with van der Waals surface area (Å²) in [6.07, 6.45) is 78.0. The van der Waals surface area contributed by atoms with Crippen molar-refractivity contribution in [2.45, 2.75) is 480 Å². The molecular weight excluding hydrogens is 1760 g/mol. The summed E-state index contributed by atoms with van der Waals surface area (Å²) in [4.78, 5) is 75.9. The zero-order valence-electron chi connectivity index (χ0n) is 91.5. The first-order valence-corrected chi connectivity index (χ1v) is 58.3. The number of nitrogens with one attached hydrogen (secondary N) is 6. The summed E-state index contributed by atoms with van der Waals surface area (Å²) in [7, 11) is 0. The highest BCUT2D eigenvalue weighted by molar-refractivity contribution is 5.99. The first-order chi connectivity index (χ1) is 69.6. The average molecular weight is 1960 g/mol. The Labute approximate surface area is 862 Å². The van der Waals surface area contributed by atoms with Crippen LogP contribution in [0.15, 0.2) is 61.7 Å². The number of fused-ring (bicyclic) bond motifs is 8. The molecule has 0 unspecified atom stereocenters. The van der Waals surface area contributed by atoms with Crippen molar-refractivity contribution in [2.24, 2.45) is 0 Å². The molecule has 18 nitrogen and oxygen atoms in total. The molecule has 0 fully saturated rings. The molecule has 0 spiro atoms. The second kappa shape index (κ2) is 75.9. The SMILES string of the molecule is C=Cc1c(C)c2cc3[nH]c(cc4nc(cc5nc(cc1[nH]2)C(C)=C5CCC(=O)NCCNC(=O)c1cc(OCCCCCCCCCCCC)c(OCCCCCCCCCCCC)c(OCCCCCCCCCCCC)c1)C(CCC(=O)NCCNC(=O)c1cc(OCCCCCCCCCCCC)c(OCCCCCCCCCCCC)c(OCCCCCCCCCCCC)c1)=C4C)c(C)c3C=C. The smallest absolute Gasteiger partial charge is 0.251 e. The van der Waals surface area contributed by atoms with Gasteiger partial charge in [-0.15, -0.1) is 0 Å². The largest absolute Gasteiger partial charge is 0.490 e. The number of carbonyl (C=O) groups excluding carboxylic acids is 4. The van der Waals surface area contributed by atoms with Crippen LogP contribution in [0.1, 0.15) is 532 Å². The van der Waals surface area contributed by atoms with Crippen molar-refractivity contribution in [1.29, 1.82) is 0 Å². The molecule has 0 aliphatic carbocycles. The molecule has 6 N–H and O–H groups in total. The Bertz CT molecular complexity index is 4530. The lowest BCUT2D eigenvalue weighted by Crippen LogP contribution is -2.34. The van der Waals surface area contributed by atoms with E-state index >= 15 is 0 Å². The summed E-state index contributed by atoms with van der Waals surface area (Å²) >= 11 is 0. The minimum atomic E-state index is -0.289. The fourth-order valence-corrected chi connectivity index (χ4v) is 19.7. The Kier molecular flexibility index (Phi) is 64.2. The van der Waals surface area contributed by atoms with Gasteiger partial charge in [0.15, 0.2) is 23.0 Å². The number of amides is 4. The number of carbonyl (C=O) groups is 4. The van der Waals surface area contributed by atoms with Gasteiger partial charge in [0.05, 0.1) is 62.4 Å². The zero-order chi connectivity index (χ0) is 101. The number of nitrogens with zero attached hydrogens (tertiary/aromatic N) is 2. The number of hydrogen-bond donors (Lipinski definition) is 6. The third kappa shape index (κ3) is 47.1. The predicted octanol–water partition coefficient (Wildman–Crippen LogP) is 34.5. The molecule has 2 aliphatic rings. The van der Waals surface area contributed by atoms with E-state index in [-0.39, 0.29) is 62.6 Å². The van der Waals surface area contributed by atoms with Crippen molar-refractivity contribution in [1.82, 2.24) is 41.2 Å². The number of ether oxygens (including phenoxy) is 6. The second-order valence-corrected chi connectivity index (χ2v) is 40.9. The molecule has 0 atom stereocenters. The van der Waals surface area contributed by atoms with Gasteiger partial charge in [-0.2, -0.15) is 0 Å². The van der Waals surface area contributed by atoms with E-state index in [1.165, 1.54) is 308 Å². The molecule has 3 aromatic heterocycles. The van der Waals surface area contributed by atoms with E-state index in [0.717, 1.165) is 155 Å². The Balaban J connectivity index is 1.07. The van der Waals surface area contributed by atoms with Gasteiger partial charge in [-0.05, 0) is 161 Å². The van der Waals surface area contributed by atoms with Crippen LogP contribution >= 0.6 is 0 Å². The average Bonchev–Trinajstić information content (AvgIpc) is 1.61. The fraction of sp³-hybridized carbons (Fsp3) is 0.677. The minimum absolute atomic E-state index is 0.143. The number of unbranched alkanes of at least 4 members (excludes halogenated alkanes) is 54. The quantitative estimate of drug-likeness (QED) is 0.0200. The van der Waals surface area contributed by atoms with Gasteiger partial charge in [-0.25, -0.2) is 9.97 Å². The molecule has 8 bridgehead atoms. The number of benzene rings is 2. The van der Waals surface area contributed by atoms with Crippen LogP contribution < -0.4 is 49.7 Å². The molecule has 0 saturated carbocycles. The summed E-state index contributed by atoms with van der Waals surface area (Å²) in [5.41, 5.74) is 14.8. The molecular formula is C124H198N8O10. The lowest BCUT2D eigenvalue weighted by molar-refractivity contribution is -0.121. The molecule has 0 radical (unpaired) electrons. The number of allylic oxidation sites excluding steroid dienone is 4. The van der Waals surface area contributed by atoms with Gasteiger partial charge in [-0.1, -0.05) is 414 Å². The van der Waals surface area contributed by atoms with E-state index in [2.05, 4.69) is 132 Å². The molecule has 18 heteroatoms. The summed E-state index contributed by atoms with van der Waals surface area (Å²) in [6.45, 7) is 34.3. The number of aromatic nitrogens is 4. The van der Waals surface area contributed by atoms with Crippen LogP contribution in [-0.4, -0.2) is 109 Å². The number of H-pyrrole nitrogens is 2. The molecule has 142 heavy (non-hydrogen) atoms. The van der Waals surface area contributed by atoms with E-state index in [1.807, 2.05) is 42.5 Å². The van der Waals surface area contributed by atoms with Crippen LogP contribution in [0.25, 0.3) is 56.5 Å². The molecule has 5 aromatic rings. The standard InChI is InChI=1S/C124H198N8O10/c1-13-21-27-33-39-45-51-57-63-69-83-137-115-89-101(90-116(138-84-70-64-58-52-46-40-34-28-22-14-2)121(115)141-87-73-67-61-55-49-43-37-31-25-17-5)123(135)127-81-79-125-119(133)77-75-105-99(11)108-93-107-97(9)103(19-7)111(129-107)94-109-98(10)104(20-8)112(130-109)95-110-100(12)106(114(132-110)96-113(105)131-108)76-78-120(134)126-80-82-128-124(136)102-91-117(139-85-71-65-59-53-47-41-35-29-23-15-3)122(142-88-74-68-62-56-50-44-38-32-26-18-6)118(92-102)140-86-72-66-60-54-48-42-36-30-24-16-4/h19-20,89-96,129-130H,7-8,13-18,21-88H2,1-6,9-12H3,(H,125,133)(H,126,134)(H,127,135)(H,128,136). The maximum absolute atomic E-state index is 14.5. The molecule has 0 saturated heterocycles. The van der Waals surface area contributed by atoms with Gasteiger partial charge < -0.3 is 59.7 Å². The lowest BCUT2D eigenvalue weighted by Gasteiger charge is -2.19. The highest BCUT2D eigenvalue weighted by Gasteiger charge is 2.27. The lowest BCUT2D eigenvalue weighted by atomic mass is 9.98. The van der Waals surface area contributed by atoms with E-state index in [9.17, 15) is 19.2 Å². The molecule has 7 rings (SSSR count). The van der Waals surface area contributed by atoms with E-state index in [4.69, 9.17) is 38.4 Å². The Morgan fingerprint density at radius 3 is 0.761 bits per heavy atom. The van der Waals surface area contributed by atoms with Crippen LogP contribution in [0.2, 0.25) is 0 Å². The van der Waals surface area contributed by atoms with Crippen LogP contribution in [-0.2, 0) is 9.59 Å². The van der Waals surface area contributed by atoms with Crippen molar-refractivity contribution < 1.29 is 47.6 Å². The van der Waals surface area contributed by atoms with E-state index < -0.39 is 0 Å². The molecule has 794 valence electrons. The predicted molar refractivity (Wildman–Crippen MR) is 602 cm³/mol. The van der Waals surface area contributed by atoms with Crippen molar-refractivity contribution in [2.75, 3.05) is 65.8 Å². The molecule has 5 heterocycles. The number of aromatic amines is 2. The van der Waals surface area contributed by atoms with Gasteiger partial charge in [0, 0.05) is 83.3 Å². The Morgan fingerprint density at radius 1 is 0.275 bits per heavy atom. The second-order valence-electron chi connectivity index (χ2n) is 40.9. The third-order valence-electron chi connectivity index (χ3n) is 28.8. The highest BCUT2D eigenvalue weighted by Crippen LogP contribution is 2.44. The zero-order valence-corrected chi connectivity index (χ0v) is 91.5. The van der Waals surface area contributed by atoms with Crippen LogP contribution in [0.5, 0.6) is 34.5 Å². The first-order valence-electron chi connectivity index (χ1n) is 58.3. The van der Waals surface area contributed by atoms with Crippen LogP contribution in [0, 0.1) is 13.8 Å². The van der Waals surface area contributed by atoms with Crippen molar-refractivity contribution in [3.05, 3.63) is 118 Å². The summed E-state index contributed by atoms with van der Waals surface area (Å²) < 4.78 is 40.1. The summed E-state index contributed by atoms with van der Waals surface area (Å²) in [5.74, 6) is 2.36. The van der Waals surface area contributed by atoms with Crippen molar-refractivity contribution in [3.63, 3.8) is 0 Å². The third-order valence-corrected chi connectivity index (χ3v) is 28.8. The normalized spacial score (nSPS) is 12.0. The minimum Gasteiger partial charge on any atom is -0.490 e. The van der Waals surface area contributed by atoms with Gasteiger partial charge in [0.25, 0.3) is 11.8 Å². The number of hydrogen-bond acceptors (Lipinski definition) is 12. The molecule has 2 aromatic carbocycles. The monoisotopic (exact) mass is 1960 g/mol. The van der Waals surface area contributed by atoms with Gasteiger partial charge in [0.2, 0.25) is 23.3 Å². The first kappa shape index (κ1) is 120. The van der Waals surface area contributed by atoms with Crippen LogP contribution in [0.4, 0.5) is 0 Å². The maximum atomic E-state index is 14.5. The summed E-state index contributed by atoms with van der Waals surface area (Å²) in [6, 6.07) is 15.6. The Morgan fingerprint density at radius 2 is 0.500 bits per heavy atom. The fourth-order valence-electron chi connectivity index (χ4n) is 19.7. The van der Waals surface area contributed by atoms with E-state index in [1.54, 1.807) is 0 Å². The maximum Gasteiger partial charge on any atom is 0.251 e. The van der Waals surface area contributed by atoms with Gasteiger partial charge >= 0.3 is 0 Å². The van der Waals surface area contributed by atoms with Crippen LogP contribution in [0.3, 0.4) is 0 Å². The molecule has 2 aliphatic heterocycles. The summed E-state index contributed by atoms with van der Waals surface area (Å²) in [5, 5.41) is 12.5. The van der Waals surface area contributed by atoms with Crippen molar-refractivity contribution in [3.8, 4) is 34.5 Å². The van der Waals surface area contributed by atoms with Gasteiger partial charge in [0.1, 0.15) is 0 Å². The van der Waals surface area contributed by atoms with Crippen molar-refractivity contribution >= 4 is 80.1 Å².